The Hall–Kier alpha value is -0.530. The van der Waals surface area contributed by atoms with Gasteiger partial charge in [-0.3, -0.25) is 4.79 Å². The van der Waals surface area contributed by atoms with Gasteiger partial charge < -0.3 is 9.47 Å². The van der Waals surface area contributed by atoms with Gasteiger partial charge >= 0.3 is 0 Å². The molecule has 0 saturated carbocycles. The molecule has 0 radical (unpaired) electrons. The van der Waals surface area contributed by atoms with Gasteiger partial charge in [-0.2, -0.15) is 0 Å². The normalized spacial score (nSPS) is 10.9. The van der Waals surface area contributed by atoms with Gasteiger partial charge in [0, 0.05) is 25.1 Å². The lowest BCUT2D eigenvalue weighted by molar-refractivity contribution is -0.156. The predicted molar refractivity (Wildman–Crippen MR) is 75.3 cm³/mol. The SMILES string of the molecule is COC(OC)C(=O)CCc1cc(F)ccc1CI. The van der Waals surface area contributed by atoms with E-state index in [0.717, 1.165) is 15.6 Å². The maximum atomic E-state index is 13.2. The number of hydrogen-bond acceptors (Lipinski definition) is 3. The third-order valence-corrected chi connectivity index (χ3v) is 3.47. The van der Waals surface area contributed by atoms with Crippen molar-refractivity contribution >= 4 is 28.4 Å². The smallest absolute Gasteiger partial charge is 0.217 e. The minimum Gasteiger partial charge on any atom is -0.349 e. The van der Waals surface area contributed by atoms with Crippen LogP contribution in [-0.4, -0.2) is 26.3 Å². The molecule has 1 aromatic carbocycles. The van der Waals surface area contributed by atoms with Crippen molar-refractivity contribution in [2.75, 3.05) is 14.2 Å². The molecule has 0 unspecified atom stereocenters. The fourth-order valence-electron chi connectivity index (χ4n) is 1.69. The molecule has 1 rings (SSSR count). The summed E-state index contributed by atoms with van der Waals surface area (Å²) in [6.45, 7) is 0. The lowest BCUT2D eigenvalue weighted by Gasteiger charge is -2.12. The van der Waals surface area contributed by atoms with Crippen molar-refractivity contribution in [1.29, 1.82) is 0 Å². The lowest BCUT2D eigenvalue weighted by Crippen LogP contribution is -2.25. The zero-order chi connectivity index (χ0) is 13.5. The molecule has 3 nitrogen and oxygen atoms in total. The fourth-order valence-corrected chi connectivity index (χ4v) is 2.44. The second-order valence-corrected chi connectivity index (χ2v) is 4.58. The van der Waals surface area contributed by atoms with Crippen LogP contribution in [0.25, 0.3) is 0 Å². The minimum absolute atomic E-state index is 0.135. The van der Waals surface area contributed by atoms with Gasteiger partial charge in [-0.25, -0.2) is 4.39 Å². The Labute approximate surface area is 120 Å². The summed E-state index contributed by atoms with van der Waals surface area (Å²) in [6.07, 6.45) is -0.0565. The molecule has 0 saturated heterocycles. The largest absolute Gasteiger partial charge is 0.349 e. The topological polar surface area (TPSA) is 35.5 Å². The Morgan fingerprint density at radius 1 is 1.33 bits per heavy atom. The van der Waals surface area contributed by atoms with Gasteiger partial charge in [-0.15, -0.1) is 0 Å². The number of carbonyl (C=O) groups is 1. The Kier molecular flexibility index (Phi) is 6.73. The van der Waals surface area contributed by atoms with Gasteiger partial charge in [-0.05, 0) is 29.7 Å². The number of benzene rings is 1. The summed E-state index contributed by atoms with van der Waals surface area (Å²) in [5.41, 5.74) is 1.92. The van der Waals surface area contributed by atoms with Crippen molar-refractivity contribution in [3.05, 3.63) is 35.1 Å². The average molecular weight is 366 g/mol. The summed E-state index contributed by atoms with van der Waals surface area (Å²) in [5.74, 6) is -0.412. The zero-order valence-corrected chi connectivity index (χ0v) is 12.6. The maximum Gasteiger partial charge on any atom is 0.217 e. The molecule has 0 amide bonds. The molecule has 5 heteroatoms. The van der Waals surface area contributed by atoms with Crippen molar-refractivity contribution < 1.29 is 18.7 Å². The molecular weight excluding hydrogens is 350 g/mol. The third-order valence-electron chi connectivity index (χ3n) is 2.64. The highest BCUT2D eigenvalue weighted by Gasteiger charge is 2.17. The van der Waals surface area contributed by atoms with E-state index >= 15 is 0 Å². The van der Waals surface area contributed by atoms with E-state index in [-0.39, 0.29) is 18.0 Å². The number of carbonyl (C=O) groups excluding carboxylic acids is 1. The monoisotopic (exact) mass is 366 g/mol. The van der Waals surface area contributed by atoms with Crippen LogP contribution in [0.4, 0.5) is 4.39 Å². The molecule has 0 aromatic heterocycles. The highest BCUT2D eigenvalue weighted by atomic mass is 127. The van der Waals surface area contributed by atoms with E-state index in [9.17, 15) is 9.18 Å². The van der Waals surface area contributed by atoms with E-state index in [1.807, 2.05) is 0 Å². The number of hydrogen-bond donors (Lipinski definition) is 0. The van der Waals surface area contributed by atoms with Crippen LogP contribution in [0, 0.1) is 5.82 Å². The number of rotatable bonds is 7. The van der Waals surface area contributed by atoms with Crippen molar-refractivity contribution in [2.24, 2.45) is 0 Å². The second-order valence-electron chi connectivity index (χ2n) is 3.82. The summed E-state index contributed by atoms with van der Waals surface area (Å²) >= 11 is 2.22. The van der Waals surface area contributed by atoms with Crippen LogP contribution in [0.2, 0.25) is 0 Å². The molecular formula is C13H16FIO3. The van der Waals surface area contributed by atoms with Crippen LogP contribution in [0.5, 0.6) is 0 Å². The van der Waals surface area contributed by atoms with E-state index in [4.69, 9.17) is 9.47 Å². The maximum absolute atomic E-state index is 13.2. The van der Waals surface area contributed by atoms with E-state index in [0.29, 0.717) is 6.42 Å². The van der Waals surface area contributed by atoms with E-state index in [1.54, 1.807) is 6.07 Å². The molecule has 0 fully saturated rings. The van der Waals surface area contributed by atoms with Crippen molar-refractivity contribution in [1.82, 2.24) is 0 Å². The predicted octanol–water partition coefficient (Wildman–Crippen LogP) is 2.88. The quantitative estimate of drug-likeness (QED) is 0.423. The number of ether oxygens (including phenoxy) is 2. The summed E-state index contributed by atoms with van der Waals surface area (Å²) in [6, 6.07) is 4.67. The summed E-state index contributed by atoms with van der Waals surface area (Å²) in [4.78, 5) is 11.7. The van der Waals surface area contributed by atoms with Crippen LogP contribution in [0.1, 0.15) is 17.5 Å². The molecule has 0 bridgehead atoms. The van der Waals surface area contributed by atoms with Gasteiger partial charge in [0.05, 0.1) is 0 Å². The molecule has 0 N–H and O–H groups in total. The molecule has 0 spiro atoms. The lowest BCUT2D eigenvalue weighted by atomic mass is 10.0. The number of halogens is 2. The Morgan fingerprint density at radius 2 is 2.00 bits per heavy atom. The van der Waals surface area contributed by atoms with Crippen LogP contribution >= 0.6 is 22.6 Å². The summed E-state index contributed by atoms with van der Waals surface area (Å²) in [7, 11) is 2.84. The second kappa shape index (κ2) is 7.81. The van der Waals surface area contributed by atoms with Gasteiger partial charge in [0.25, 0.3) is 0 Å². The highest BCUT2D eigenvalue weighted by Crippen LogP contribution is 2.17. The highest BCUT2D eigenvalue weighted by molar-refractivity contribution is 14.1. The Morgan fingerprint density at radius 3 is 2.56 bits per heavy atom. The first-order chi connectivity index (χ1) is 8.62. The van der Waals surface area contributed by atoms with Crippen molar-refractivity contribution in [3.8, 4) is 0 Å². The fraction of sp³-hybridized carbons (Fsp3) is 0.462. The molecule has 0 heterocycles. The van der Waals surface area contributed by atoms with E-state index in [1.165, 1.54) is 26.4 Å². The zero-order valence-electron chi connectivity index (χ0n) is 10.4. The molecule has 0 aliphatic heterocycles. The number of Topliss-reactive ketones (excluding diaryl/α,β-unsaturated/α-hetero) is 1. The number of aryl methyl sites for hydroxylation is 1. The van der Waals surface area contributed by atoms with Crippen LogP contribution in [0.15, 0.2) is 18.2 Å². The summed E-state index contributed by atoms with van der Waals surface area (Å²) < 4.78 is 23.7. The molecule has 0 atom stereocenters. The van der Waals surface area contributed by atoms with Crippen LogP contribution < -0.4 is 0 Å². The molecule has 0 aliphatic carbocycles. The van der Waals surface area contributed by atoms with Crippen LogP contribution in [0.3, 0.4) is 0 Å². The molecule has 100 valence electrons. The third kappa shape index (κ3) is 4.29. The van der Waals surface area contributed by atoms with E-state index in [2.05, 4.69) is 22.6 Å². The first-order valence-corrected chi connectivity index (χ1v) is 7.06. The molecule has 0 aliphatic rings. The number of methoxy groups -OCH3 is 2. The minimum atomic E-state index is -0.832. The molecule has 18 heavy (non-hydrogen) atoms. The summed E-state index contributed by atoms with van der Waals surface area (Å²) in [5, 5.41) is 0. The van der Waals surface area contributed by atoms with Crippen molar-refractivity contribution in [2.45, 2.75) is 23.6 Å². The molecule has 1 aromatic rings. The Balaban J connectivity index is 2.68. The first kappa shape index (κ1) is 15.5. The van der Waals surface area contributed by atoms with Gasteiger partial charge in [-0.1, -0.05) is 28.7 Å². The van der Waals surface area contributed by atoms with Crippen LogP contribution in [-0.2, 0) is 25.1 Å². The number of alkyl halides is 1. The van der Waals surface area contributed by atoms with Gasteiger partial charge in [0.2, 0.25) is 6.29 Å². The Bertz CT molecular complexity index is 405. The first-order valence-electron chi connectivity index (χ1n) is 5.54. The van der Waals surface area contributed by atoms with Gasteiger partial charge in [0.15, 0.2) is 5.78 Å². The van der Waals surface area contributed by atoms with E-state index < -0.39 is 6.29 Å². The number of ketones is 1. The average Bonchev–Trinajstić information content (AvgIpc) is 2.38. The van der Waals surface area contributed by atoms with Gasteiger partial charge in [0.1, 0.15) is 5.82 Å². The standard InChI is InChI=1S/C13H16FIO3/c1-17-13(18-2)12(16)6-4-9-7-11(14)5-3-10(9)8-15/h3,5,7,13H,4,6,8H2,1-2H3. The van der Waals surface area contributed by atoms with Crippen molar-refractivity contribution in [3.63, 3.8) is 0 Å².